The van der Waals surface area contributed by atoms with E-state index in [1.807, 2.05) is 91.8 Å². The highest BCUT2D eigenvalue weighted by Crippen LogP contribution is 2.48. The molecule has 6 aliphatic heterocycles. The van der Waals surface area contributed by atoms with Crippen molar-refractivity contribution < 1.29 is 47.9 Å². The van der Waals surface area contributed by atoms with Crippen LogP contribution in [0.5, 0.6) is 17.2 Å². The molecule has 3 saturated heterocycles. The number of ether oxygens (including phenoxy) is 6. The summed E-state index contributed by atoms with van der Waals surface area (Å²) < 4.78 is 31.7. The van der Waals surface area contributed by atoms with Crippen molar-refractivity contribution in [2.75, 3.05) is 14.1 Å². The van der Waals surface area contributed by atoms with Crippen LogP contribution in [0, 0.1) is 0 Å². The van der Waals surface area contributed by atoms with E-state index in [1.165, 1.54) is 0 Å². The van der Waals surface area contributed by atoms with Gasteiger partial charge in [-0.3, -0.25) is 4.79 Å². The third-order valence-corrected chi connectivity index (χ3v) is 8.19. The smallest absolute Gasteiger partial charge is 0.341 e. The van der Waals surface area contributed by atoms with Crippen molar-refractivity contribution in [3.8, 4) is 17.2 Å². The molecule has 0 saturated carbocycles. The van der Waals surface area contributed by atoms with E-state index >= 15 is 0 Å². The summed E-state index contributed by atoms with van der Waals surface area (Å²) in [5.41, 5.74) is 3.92. The monoisotopic (exact) mass is 611 g/mol. The van der Waals surface area contributed by atoms with Gasteiger partial charge in [0.1, 0.15) is 17.2 Å². The minimum atomic E-state index is -0.617. The average Bonchev–Trinajstić information content (AvgIpc) is 3.84. The number of esters is 3. The van der Waals surface area contributed by atoms with E-state index < -0.39 is 18.5 Å². The van der Waals surface area contributed by atoms with Gasteiger partial charge in [-0.25, -0.2) is 9.59 Å². The molecule has 0 spiro atoms. The van der Waals surface area contributed by atoms with Gasteiger partial charge in [-0.05, 0) is 18.2 Å². The summed E-state index contributed by atoms with van der Waals surface area (Å²) in [6, 6.07) is 22.9. The topological polar surface area (TPSA) is 130 Å². The summed E-state index contributed by atoms with van der Waals surface area (Å²) in [7, 11) is 3.77. The second-order valence-electron chi connectivity index (χ2n) is 11.3. The number of fused-ring (bicyclic) bond motifs is 9. The van der Waals surface area contributed by atoms with Gasteiger partial charge >= 0.3 is 17.9 Å². The summed E-state index contributed by atoms with van der Waals surface area (Å²) >= 11 is 0. The average molecular weight is 612 g/mol. The van der Waals surface area contributed by atoms with Gasteiger partial charge in [-0.1, -0.05) is 54.6 Å². The van der Waals surface area contributed by atoms with Crippen molar-refractivity contribution in [1.82, 2.24) is 4.90 Å². The van der Waals surface area contributed by atoms with Gasteiger partial charge < -0.3 is 38.4 Å². The number of rotatable bonds is 1. The van der Waals surface area contributed by atoms with E-state index in [4.69, 9.17) is 33.5 Å². The van der Waals surface area contributed by atoms with Gasteiger partial charge in [0.15, 0.2) is 0 Å². The first kappa shape index (κ1) is 28.3. The van der Waals surface area contributed by atoms with Crippen LogP contribution in [-0.2, 0) is 28.6 Å². The maximum atomic E-state index is 11.7. The summed E-state index contributed by atoms with van der Waals surface area (Å²) in [6.07, 6.45) is 1.57. The number of carbonyl (C=O) groups is 3. The SMILES string of the molecule is CN(C)/C=C1/C(=O)OC2Oc3ccccc3C12.O=C1CC2c3ccccc3OC2O1.O=C1OC2Oc3ccccc3C2/C1=C\O. The lowest BCUT2D eigenvalue weighted by molar-refractivity contribution is -0.151. The Kier molecular flexibility index (Phi) is 7.07. The highest BCUT2D eigenvalue weighted by Gasteiger charge is 2.49. The number of aliphatic hydroxyl groups excluding tert-OH is 1. The molecule has 3 aromatic carbocycles. The fourth-order valence-corrected chi connectivity index (χ4v) is 6.24. The zero-order valence-electron chi connectivity index (χ0n) is 24.3. The van der Waals surface area contributed by atoms with Gasteiger partial charge in [-0.15, -0.1) is 0 Å². The van der Waals surface area contributed by atoms with Crippen molar-refractivity contribution in [2.24, 2.45) is 0 Å². The van der Waals surface area contributed by atoms with Gasteiger partial charge in [0.2, 0.25) is 0 Å². The zero-order chi connectivity index (χ0) is 31.2. The third-order valence-electron chi connectivity index (χ3n) is 8.19. The number of para-hydroxylation sites is 3. The zero-order valence-corrected chi connectivity index (χ0v) is 24.3. The number of aliphatic hydroxyl groups is 1. The van der Waals surface area contributed by atoms with Crippen LogP contribution in [0.1, 0.15) is 40.9 Å². The molecule has 6 atom stereocenters. The molecule has 11 heteroatoms. The Morgan fingerprint density at radius 3 is 1.64 bits per heavy atom. The Bertz CT molecular complexity index is 1750. The molecule has 0 aliphatic carbocycles. The highest BCUT2D eigenvalue weighted by atomic mass is 16.7. The molecule has 45 heavy (non-hydrogen) atoms. The van der Waals surface area contributed by atoms with E-state index in [2.05, 4.69) is 0 Å². The number of benzene rings is 3. The minimum Gasteiger partial charge on any atom is -0.515 e. The third kappa shape index (κ3) is 4.99. The van der Waals surface area contributed by atoms with Crippen LogP contribution in [0.3, 0.4) is 0 Å². The van der Waals surface area contributed by atoms with Crippen molar-refractivity contribution >= 4 is 17.9 Å². The fraction of sp³-hybridized carbons (Fsp3) is 0.265. The maximum absolute atomic E-state index is 11.7. The summed E-state index contributed by atoms with van der Waals surface area (Å²) in [5, 5.41) is 8.99. The molecule has 0 aromatic heterocycles. The first-order valence-corrected chi connectivity index (χ1v) is 14.4. The van der Waals surface area contributed by atoms with E-state index in [9.17, 15) is 14.4 Å². The lowest BCUT2D eigenvalue weighted by atomic mass is 9.94. The summed E-state index contributed by atoms with van der Waals surface area (Å²) in [5.74, 6) is 1.13. The second kappa shape index (κ2) is 11.2. The number of hydrogen-bond donors (Lipinski definition) is 1. The van der Waals surface area contributed by atoms with Crippen molar-refractivity contribution in [2.45, 2.75) is 43.0 Å². The largest absolute Gasteiger partial charge is 0.515 e. The molecule has 3 aromatic rings. The van der Waals surface area contributed by atoms with Gasteiger partial charge in [0.25, 0.3) is 18.9 Å². The molecule has 1 N–H and O–H groups in total. The summed E-state index contributed by atoms with van der Waals surface area (Å²) in [6.45, 7) is 0. The van der Waals surface area contributed by atoms with Crippen LogP contribution in [0.15, 0.2) is 96.4 Å². The first-order chi connectivity index (χ1) is 21.8. The van der Waals surface area contributed by atoms with Crippen molar-refractivity contribution in [3.63, 3.8) is 0 Å². The van der Waals surface area contributed by atoms with Crippen LogP contribution >= 0.6 is 0 Å². The lowest BCUT2D eigenvalue weighted by Gasteiger charge is -2.09. The molecular weight excluding hydrogens is 582 g/mol. The number of hydrogen-bond acceptors (Lipinski definition) is 11. The van der Waals surface area contributed by atoms with Crippen LogP contribution < -0.4 is 14.2 Å². The molecule has 6 aliphatic rings. The van der Waals surface area contributed by atoms with Gasteiger partial charge in [0.05, 0.1) is 41.6 Å². The van der Waals surface area contributed by atoms with E-state index in [-0.39, 0.29) is 41.6 Å². The van der Waals surface area contributed by atoms with Gasteiger partial charge in [-0.2, -0.15) is 0 Å². The Hall–Kier alpha value is -5.45. The van der Waals surface area contributed by atoms with Crippen LogP contribution in [0.4, 0.5) is 0 Å². The fourth-order valence-electron chi connectivity index (χ4n) is 6.24. The normalized spacial score (nSPS) is 28.6. The second-order valence-corrected chi connectivity index (χ2v) is 11.3. The molecule has 6 unspecified atom stereocenters. The predicted octanol–water partition coefficient (Wildman–Crippen LogP) is 4.41. The molecule has 230 valence electrons. The number of nitrogens with zero attached hydrogens (tertiary/aromatic N) is 1. The van der Waals surface area contributed by atoms with Crippen LogP contribution in [0.25, 0.3) is 0 Å². The van der Waals surface area contributed by atoms with E-state index in [0.717, 1.165) is 34.5 Å². The van der Waals surface area contributed by atoms with E-state index in [1.54, 1.807) is 6.20 Å². The van der Waals surface area contributed by atoms with Gasteiger partial charge in [0, 0.05) is 37.0 Å². The predicted molar refractivity (Wildman–Crippen MR) is 156 cm³/mol. The minimum absolute atomic E-state index is 0.0962. The Labute approximate surface area is 258 Å². The van der Waals surface area contributed by atoms with Crippen LogP contribution in [-0.4, -0.2) is 60.9 Å². The number of carbonyl (C=O) groups excluding carboxylic acids is 3. The Morgan fingerprint density at radius 2 is 1.09 bits per heavy atom. The standard InChI is InChI=1S/C13H13NO3.C11H8O4.C10H8O3/c1-14(2)7-9-11-8-5-3-4-6-10(8)16-13(11)17-12(9)15;12-5-7-9-6-3-1-2-4-8(6)14-11(9)15-10(7)13;11-9-5-7-6-3-1-2-4-8(6)12-10(7)13-9/h3-7,11,13H,1-2H3;1-5,9,11-12H;1-4,7,10H,5H2/b9-7+;7-5+;. The first-order valence-electron chi connectivity index (χ1n) is 14.4. The molecule has 3 fully saturated rings. The quantitative estimate of drug-likeness (QED) is 0.182. The highest BCUT2D eigenvalue weighted by molar-refractivity contribution is 5.94. The Morgan fingerprint density at radius 1 is 0.622 bits per heavy atom. The molecule has 9 rings (SSSR count). The van der Waals surface area contributed by atoms with E-state index in [0.29, 0.717) is 17.7 Å². The Balaban J connectivity index is 0.000000109. The van der Waals surface area contributed by atoms with Crippen molar-refractivity contribution in [1.29, 1.82) is 0 Å². The maximum Gasteiger partial charge on any atom is 0.341 e. The molecule has 0 bridgehead atoms. The molecule has 0 radical (unpaired) electrons. The molecule has 11 nitrogen and oxygen atoms in total. The molecule has 0 amide bonds. The van der Waals surface area contributed by atoms with Crippen molar-refractivity contribution in [3.05, 3.63) is 113 Å². The molecular formula is C34H29NO10. The summed E-state index contributed by atoms with van der Waals surface area (Å²) in [4.78, 5) is 35.8. The van der Waals surface area contributed by atoms with Crippen LogP contribution in [0.2, 0.25) is 0 Å². The molecule has 6 heterocycles. The lowest BCUT2D eigenvalue weighted by Crippen LogP contribution is -2.15.